The Labute approximate surface area is 89.7 Å². The van der Waals surface area contributed by atoms with E-state index in [9.17, 15) is 0 Å². The minimum Gasteiger partial charge on any atom is -0.319 e. The first-order valence-electron chi connectivity index (χ1n) is 6.13. The summed E-state index contributed by atoms with van der Waals surface area (Å²) in [6.07, 6.45) is 4.24. The van der Waals surface area contributed by atoms with Gasteiger partial charge in [-0.2, -0.15) is 0 Å². The van der Waals surface area contributed by atoms with Gasteiger partial charge in [-0.05, 0) is 49.6 Å². The van der Waals surface area contributed by atoms with Gasteiger partial charge in [-0.1, -0.05) is 34.1 Å². The Bertz CT molecular complexity index is 169. The Morgan fingerprint density at radius 2 is 1.71 bits per heavy atom. The third-order valence-corrected chi connectivity index (χ3v) is 4.06. The van der Waals surface area contributed by atoms with Crippen LogP contribution in [0.3, 0.4) is 0 Å². The molecule has 1 aliphatic rings. The fourth-order valence-electron chi connectivity index (χ4n) is 2.93. The molecule has 0 heterocycles. The molecule has 0 bridgehead atoms. The Balaban J connectivity index is 2.56. The molecule has 1 rings (SSSR count). The molecule has 14 heavy (non-hydrogen) atoms. The van der Waals surface area contributed by atoms with Gasteiger partial charge in [-0.3, -0.25) is 0 Å². The lowest BCUT2D eigenvalue weighted by molar-refractivity contribution is 0.236. The third kappa shape index (κ3) is 2.73. The fraction of sp³-hybridized carbons (Fsp3) is 1.00. The van der Waals surface area contributed by atoms with Gasteiger partial charge in [0.15, 0.2) is 0 Å². The minimum atomic E-state index is 0.510. The smallest absolute Gasteiger partial charge is 0.00208 e. The van der Waals surface area contributed by atoms with Crippen molar-refractivity contribution in [3.63, 3.8) is 0 Å². The maximum atomic E-state index is 3.35. The lowest BCUT2D eigenvalue weighted by atomic mass is 9.79. The monoisotopic (exact) mass is 197 g/mol. The molecule has 1 aliphatic carbocycles. The van der Waals surface area contributed by atoms with Gasteiger partial charge in [-0.25, -0.2) is 0 Å². The third-order valence-electron chi connectivity index (χ3n) is 4.06. The van der Waals surface area contributed by atoms with Crippen molar-refractivity contribution in [1.29, 1.82) is 0 Å². The molecule has 0 radical (unpaired) electrons. The SMILES string of the molecule is CCC1CC(C(C)(C)C)CC1CNC. The molecule has 0 saturated heterocycles. The highest BCUT2D eigenvalue weighted by atomic mass is 14.8. The largest absolute Gasteiger partial charge is 0.319 e. The summed E-state index contributed by atoms with van der Waals surface area (Å²) in [6.45, 7) is 10.7. The van der Waals surface area contributed by atoms with E-state index in [1.54, 1.807) is 0 Å². The van der Waals surface area contributed by atoms with Gasteiger partial charge in [0.2, 0.25) is 0 Å². The van der Waals surface area contributed by atoms with Crippen LogP contribution >= 0.6 is 0 Å². The van der Waals surface area contributed by atoms with Crippen molar-refractivity contribution >= 4 is 0 Å². The van der Waals surface area contributed by atoms with Gasteiger partial charge in [0.05, 0.1) is 0 Å². The van der Waals surface area contributed by atoms with Crippen LogP contribution in [0.4, 0.5) is 0 Å². The van der Waals surface area contributed by atoms with Crippen molar-refractivity contribution in [2.45, 2.75) is 47.0 Å². The standard InChI is InChI=1S/C13H27N/c1-6-10-7-12(13(2,3)4)8-11(10)9-14-5/h10-12,14H,6-9H2,1-5H3. The molecule has 0 aliphatic heterocycles. The average molecular weight is 197 g/mol. The molecule has 0 aromatic carbocycles. The van der Waals surface area contributed by atoms with Crippen LogP contribution in [0.5, 0.6) is 0 Å². The molecule has 1 nitrogen and oxygen atoms in total. The van der Waals surface area contributed by atoms with Gasteiger partial charge < -0.3 is 5.32 Å². The lowest BCUT2D eigenvalue weighted by Crippen LogP contribution is -2.22. The second-order valence-electron chi connectivity index (χ2n) is 6.02. The van der Waals surface area contributed by atoms with Crippen molar-refractivity contribution < 1.29 is 0 Å². The van der Waals surface area contributed by atoms with Crippen LogP contribution < -0.4 is 5.32 Å². The molecule has 84 valence electrons. The van der Waals surface area contributed by atoms with E-state index in [4.69, 9.17) is 0 Å². The number of rotatable bonds is 3. The number of hydrogen-bond donors (Lipinski definition) is 1. The second kappa shape index (κ2) is 4.65. The maximum absolute atomic E-state index is 3.35. The molecule has 1 N–H and O–H groups in total. The molecule has 0 amide bonds. The number of hydrogen-bond acceptors (Lipinski definition) is 1. The van der Waals surface area contributed by atoms with Crippen LogP contribution in [0.1, 0.15) is 47.0 Å². The van der Waals surface area contributed by atoms with Crippen LogP contribution in [0, 0.1) is 23.2 Å². The molecule has 1 heteroatoms. The molecule has 0 spiro atoms. The summed E-state index contributed by atoms with van der Waals surface area (Å²) < 4.78 is 0. The molecule has 0 aromatic rings. The van der Waals surface area contributed by atoms with E-state index in [1.165, 1.54) is 25.8 Å². The lowest BCUT2D eigenvalue weighted by Gasteiger charge is -2.27. The van der Waals surface area contributed by atoms with Crippen LogP contribution in [-0.4, -0.2) is 13.6 Å². The summed E-state index contributed by atoms with van der Waals surface area (Å²) in [5.41, 5.74) is 0.510. The van der Waals surface area contributed by atoms with Crippen LogP contribution in [0.15, 0.2) is 0 Å². The van der Waals surface area contributed by atoms with Gasteiger partial charge in [0.25, 0.3) is 0 Å². The highest BCUT2D eigenvalue weighted by molar-refractivity contribution is 4.89. The summed E-state index contributed by atoms with van der Waals surface area (Å²) >= 11 is 0. The molecule has 3 unspecified atom stereocenters. The van der Waals surface area contributed by atoms with Gasteiger partial charge >= 0.3 is 0 Å². The first-order valence-corrected chi connectivity index (χ1v) is 6.13. The Morgan fingerprint density at radius 3 is 2.14 bits per heavy atom. The van der Waals surface area contributed by atoms with Crippen LogP contribution in [0.25, 0.3) is 0 Å². The molecule has 1 saturated carbocycles. The second-order valence-corrected chi connectivity index (χ2v) is 6.02. The highest BCUT2D eigenvalue weighted by Gasteiger charge is 2.38. The van der Waals surface area contributed by atoms with Crippen molar-refractivity contribution in [2.24, 2.45) is 23.2 Å². The van der Waals surface area contributed by atoms with E-state index in [-0.39, 0.29) is 0 Å². The van der Waals surface area contributed by atoms with Gasteiger partial charge in [-0.15, -0.1) is 0 Å². The highest BCUT2D eigenvalue weighted by Crippen LogP contribution is 2.46. The van der Waals surface area contributed by atoms with Crippen LogP contribution in [-0.2, 0) is 0 Å². The Kier molecular flexibility index (Phi) is 4.00. The predicted octanol–water partition coefficient (Wildman–Crippen LogP) is 3.30. The maximum Gasteiger partial charge on any atom is -0.00208 e. The molecule has 1 fully saturated rings. The number of nitrogens with one attached hydrogen (secondary N) is 1. The van der Waals surface area contributed by atoms with Crippen molar-refractivity contribution in [3.8, 4) is 0 Å². The Hall–Kier alpha value is -0.0400. The van der Waals surface area contributed by atoms with E-state index in [0.29, 0.717) is 5.41 Å². The van der Waals surface area contributed by atoms with Crippen molar-refractivity contribution in [3.05, 3.63) is 0 Å². The zero-order chi connectivity index (χ0) is 10.8. The summed E-state index contributed by atoms with van der Waals surface area (Å²) in [5.74, 6) is 2.83. The average Bonchev–Trinajstić information content (AvgIpc) is 2.47. The summed E-state index contributed by atoms with van der Waals surface area (Å²) in [4.78, 5) is 0. The van der Waals surface area contributed by atoms with E-state index >= 15 is 0 Å². The molecule has 3 atom stereocenters. The predicted molar refractivity (Wildman–Crippen MR) is 63.4 cm³/mol. The van der Waals surface area contributed by atoms with Gasteiger partial charge in [0, 0.05) is 0 Å². The van der Waals surface area contributed by atoms with Crippen LogP contribution in [0.2, 0.25) is 0 Å². The van der Waals surface area contributed by atoms with Crippen molar-refractivity contribution in [1.82, 2.24) is 5.32 Å². The first-order chi connectivity index (χ1) is 6.49. The summed E-state index contributed by atoms with van der Waals surface area (Å²) in [6, 6.07) is 0. The van der Waals surface area contributed by atoms with Crippen molar-refractivity contribution in [2.75, 3.05) is 13.6 Å². The zero-order valence-electron chi connectivity index (χ0n) is 10.6. The normalized spacial score (nSPS) is 33.6. The zero-order valence-corrected chi connectivity index (χ0v) is 10.6. The molecular weight excluding hydrogens is 170 g/mol. The minimum absolute atomic E-state index is 0.510. The van der Waals surface area contributed by atoms with E-state index in [0.717, 1.165) is 17.8 Å². The molecular formula is C13H27N. The summed E-state index contributed by atoms with van der Waals surface area (Å²) in [7, 11) is 2.08. The Morgan fingerprint density at radius 1 is 1.14 bits per heavy atom. The fourth-order valence-corrected chi connectivity index (χ4v) is 2.93. The van der Waals surface area contributed by atoms with E-state index in [2.05, 4.69) is 40.1 Å². The quantitative estimate of drug-likeness (QED) is 0.732. The molecule has 0 aromatic heterocycles. The van der Waals surface area contributed by atoms with E-state index < -0.39 is 0 Å². The topological polar surface area (TPSA) is 12.0 Å². The van der Waals surface area contributed by atoms with Gasteiger partial charge in [0.1, 0.15) is 0 Å². The first kappa shape index (κ1) is 12.0. The van der Waals surface area contributed by atoms with E-state index in [1.807, 2.05) is 0 Å². The summed E-state index contributed by atoms with van der Waals surface area (Å²) in [5, 5.41) is 3.35.